The van der Waals surface area contributed by atoms with E-state index in [2.05, 4.69) is 17.0 Å². The maximum Gasteiger partial charge on any atom is 0.138 e. The molecule has 0 aliphatic heterocycles. The quantitative estimate of drug-likeness (QED) is 0.466. The van der Waals surface area contributed by atoms with Gasteiger partial charge in [-0.3, -0.25) is 4.37 Å². The van der Waals surface area contributed by atoms with E-state index >= 15 is 0 Å². The van der Waals surface area contributed by atoms with E-state index in [1.54, 1.807) is 0 Å². The Morgan fingerprint density at radius 2 is 2.44 bits per heavy atom. The van der Waals surface area contributed by atoms with Crippen molar-refractivity contribution in [3.05, 3.63) is 9.52 Å². The first-order valence-electron chi connectivity index (χ1n) is 2.06. The molecule has 0 amide bonds. The molecule has 5 heteroatoms. The normalized spacial score (nSPS) is 8.89. The second kappa shape index (κ2) is 2.52. The monoisotopic (exact) mass is 174 g/mol. The van der Waals surface area contributed by atoms with Crippen LogP contribution in [0, 0.1) is 16.0 Å². The highest BCUT2D eigenvalue weighted by Crippen LogP contribution is 2.17. The van der Waals surface area contributed by atoms with Gasteiger partial charge in [0.2, 0.25) is 0 Å². The third-order valence-electron chi connectivity index (χ3n) is 0.777. The molecule has 1 aromatic rings. The van der Waals surface area contributed by atoms with Crippen LogP contribution in [0.15, 0.2) is 4.90 Å². The first-order valence-corrected chi connectivity index (χ1v) is 3.73. The van der Waals surface area contributed by atoms with Gasteiger partial charge in [0.15, 0.2) is 0 Å². The lowest BCUT2D eigenvalue weighted by molar-refractivity contribution is 1.37. The predicted molar refractivity (Wildman–Crippen MR) is 41.5 cm³/mol. The van der Waals surface area contributed by atoms with Crippen LogP contribution in [0.5, 0.6) is 0 Å². The van der Waals surface area contributed by atoms with Gasteiger partial charge in [-0.1, -0.05) is 12.2 Å². The summed E-state index contributed by atoms with van der Waals surface area (Å²) in [5.41, 5.74) is 0. The number of nitriles is 1. The Kier molecular flexibility index (Phi) is 1.90. The van der Waals surface area contributed by atoms with Crippen LogP contribution in [0.25, 0.3) is 0 Å². The van der Waals surface area contributed by atoms with E-state index in [1.165, 1.54) is 11.5 Å². The molecule has 0 aliphatic rings. The Hall–Kier alpha value is -0.310. The van der Waals surface area contributed by atoms with Gasteiger partial charge in [0, 0.05) is 0 Å². The number of aromatic amines is 1. The van der Waals surface area contributed by atoms with Crippen LogP contribution >= 0.6 is 36.4 Å². The summed E-state index contributed by atoms with van der Waals surface area (Å²) in [6, 6.07) is 1.96. The van der Waals surface area contributed by atoms with Crippen LogP contribution in [-0.2, 0) is 0 Å². The second-order valence-corrected chi connectivity index (χ2v) is 2.99. The zero-order chi connectivity index (χ0) is 6.85. The summed E-state index contributed by atoms with van der Waals surface area (Å²) in [6.07, 6.45) is 0. The molecule has 1 N–H and O–H groups in total. The molecule has 9 heavy (non-hydrogen) atoms. The number of H-pyrrole nitrogens is 1. The first-order chi connectivity index (χ1) is 4.25. The molecule has 0 aromatic carbocycles. The molecule has 1 aromatic heterocycles. The van der Waals surface area contributed by atoms with Gasteiger partial charge in [-0.15, -0.1) is 12.6 Å². The molecular weight excluding hydrogens is 172 g/mol. The van der Waals surface area contributed by atoms with E-state index in [1.807, 2.05) is 6.07 Å². The number of hydrogen-bond donors (Lipinski definition) is 2. The third kappa shape index (κ3) is 1.15. The van der Waals surface area contributed by atoms with E-state index in [4.69, 9.17) is 17.5 Å². The SMILES string of the molecule is N#Cc1s[nH]c(=S)c1S. The van der Waals surface area contributed by atoms with E-state index in [9.17, 15) is 0 Å². The van der Waals surface area contributed by atoms with E-state index < -0.39 is 0 Å². The smallest absolute Gasteiger partial charge is 0.138 e. The van der Waals surface area contributed by atoms with Crippen LogP contribution in [0.4, 0.5) is 0 Å². The van der Waals surface area contributed by atoms with Gasteiger partial charge in [0.25, 0.3) is 0 Å². The number of aromatic nitrogens is 1. The van der Waals surface area contributed by atoms with Gasteiger partial charge in [-0.05, 0) is 11.5 Å². The second-order valence-electron chi connectivity index (χ2n) is 1.32. The van der Waals surface area contributed by atoms with Crippen molar-refractivity contribution in [1.82, 2.24) is 4.37 Å². The fourth-order valence-electron chi connectivity index (χ4n) is 0.373. The topological polar surface area (TPSA) is 39.6 Å². The molecule has 0 spiro atoms. The Balaban J connectivity index is 3.41. The largest absolute Gasteiger partial charge is 0.300 e. The maximum atomic E-state index is 8.38. The standard InChI is InChI=1S/C4H2N2S3/c5-1-2-3(7)4(8)6-9-2/h7H,(H,6,8). The lowest BCUT2D eigenvalue weighted by atomic mass is 10.5. The Morgan fingerprint density at radius 1 is 1.78 bits per heavy atom. The summed E-state index contributed by atoms with van der Waals surface area (Å²) >= 11 is 9.97. The van der Waals surface area contributed by atoms with Crippen molar-refractivity contribution in [2.24, 2.45) is 0 Å². The zero-order valence-corrected chi connectivity index (χ0v) is 6.74. The van der Waals surface area contributed by atoms with Crippen LogP contribution in [0.2, 0.25) is 0 Å². The average molecular weight is 174 g/mol. The van der Waals surface area contributed by atoms with Crippen molar-refractivity contribution in [2.45, 2.75) is 4.90 Å². The van der Waals surface area contributed by atoms with E-state index in [-0.39, 0.29) is 0 Å². The summed E-state index contributed by atoms with van der Waals surface area (Å²) < 4.78 is 3.29. The van der Waals surface area contributed by atoms with E-state index in [0.29, 0.717) is 14.4 Å². The summed E-state index contributed by atoms with van der Waals surface area (Å²) in [7, 11) is 0. The van der Waals surface area contributed by atoms with Crippen molar-refractivity contribution in [3.63, 3.8) is 0 Å². The summed E-state index contributed by atoms with van der Waals surface area (Å²) in [4.78, 5) is 1.13. The average Bonchev–Trinajstić information content (AvgIpc) is 2.15. The molecular formula is C4H2N2S3. The molecule has 0 radical (unpaired) electrons. The lowest BCUT2D eigenvalue weighted by Gasteiger charge is -1.74. The highest BCUT2D eigenvalue weighted by molar-refractivity contribution is 7.81. The van der Waals surface area contributed by atoms with Crippen molar-refractivity contribution in [1.29, 1.82) is 5.26 Å². The molecule has 0 unspecified atom stereocenters. The molecule has 46 valence electrons. The molecule has 0 aliphatic carbocycles. The van der Waals surface area contributed by atoms with E-state index in [0.717, 1.165) is 0 Å². The first kappa shape index (κ1) is 6.81. The Labute approximate surface area is 66.7 Å². The number of hydrogen-bond acceptors (Lipinski definition) is 4. The van der Waals surface area contributed by atoms with Gasteiger partial charge in [-0.2, -0.15) is 5.26 Å². The van der Waals surface area contributed by atoms with Crippen LogP contribution in [0.1, 0.15) is 4.88 Å². The summed E-state index contributed by atoms with van der Waals surface area (Å²) in [6.45, 7) is 0. The summed E-state index contributed by atoms with van der Waals surface area (Å²) in [5.74, 6) is 0. The fourth-order valence-corrected chi connectivity index (χ4v) is 1.52. The lowest BCUT2D eigenvalue weighted by Crippen LogP contribution is -1.62. The molecule has 0 saturated heterocycles. The van der Waals surface area contributed by atoms with Crippen molar-refractivity contribution < 1.29 is 0 Å². The zero-order valence-electron chi connectivity index (χ0n) is 4.21. The third-order valence-corrected chi connectivity index (χ3v) is 2.77. The minimum absolute atomic E-state index is 0.542. The maximum absolute atomic E-state index is 8.38. The Morgan fingerprint density at radius 3 is 2.67 bits per heavy atom. The minimum atomic E-state index is 0.542. The van der Waals surface area contributed by atoms with Crippen molar-refractivity contribution >= 4 is 36.4 Å². The fraction of sp³-hybridized carbons (Fsp3) is 0. The number of rotatable bonds is 0. The van der Waals surface area contributed by atoms with Crippen LogP contribution < -0.4 is 0 Å². The predicted octanol–water partition coefficient (Wildman–Crippen LogP) is 1.97. The molecule has 1 heterocycles. The minimum Gasteiger partial charge on any atom is -0.300 e. The van der Waals surface area contributed by atoms with Gasteiger partial charge in [-0.25, -0.2) is 0 Å². The van der Waals surface area contributed by atoms with Crippen LogP contribution in [0.3, 0.4) is 0 Å². The molecule has 1 rings (SSSR count). The summed E-state index contributed by atoms with van der Waals surface area (Å²) in [5, 5.41) is 8.38. The van der Waals surface area contributed by atoms with Crippen molar-refractivity contribution in [2.75, 3.05) is 0 Å². The molecule has 0 bridgehead atoms. The molecule has 0 atom stereocenters. The Bertz CT molecular complexity index is 302. The van der Waals surface area contributed by atoms with Gasteiger partial charge < -0.3 is 0 Å². The number of nitrogens with one attached hydrogen (secondary N) is 1. The number of nitrogens with zero attached hydrogens (tertiary/aromatic N) is 1. The van der Waals surface area contributed by atoms with Gasteiger partial charge >= 0.3 is 0 Å². The van der Waals surface area contributed by atoms with Gasteiger partial charge in [0.1, 0.15) is 15.6 Å². The van der Waals surface area contributed by atoms with Crippen LogP contribution in [-0.4, -0.2) is 4.37 Å². The molecule has 2 nitrogen and oxygen atoms in total. The highest BCUT2D eigenvalue weighted by atomic mass is 32.1. The molecule has 0 saturated carbocycles. The highest BCUT2D eigenvalue weighted by Gasteiger charge is 1.99. The molecule has 0 fully saturated rings. The number of thiol groups is 1. The van der Waals surface area contributed by atoms with Gasteiger partial charge in [0.05, 0.1) is 4.90 Å². The van der Waals surface area contributed by atoms with Crippen molar-refractivity contribution in [3.8, 4) is 6.07 Å².